The molecule has 2 heteroatoms. The Hall–Kier alpha value is -0.0800. The van der Waals surface area contributed by atoms with Gasteiger partial charge in [-0.05, 0) is 31.1 Å². The molecule has 0 amide bonds. The van der Waals surface area contributed by atoms with Crippen LogP contribution >= 0.6 is 0 Å². The number of nitrogens with one attached hydrogen (secondary N) is 1. The zero-order valence-electron chi connectivity index (χ0n) is 6.89. The molecule has 2 atom stereocenters. The van der Waals surface area contributed by atoms with E-state index in [2.05, 4.69) is 6.92 Å². The lowest BCUT2D eigenvalue weighted by Gasteiger charge is -2.18. The third kappa shape index (κ3) is 2.67. The van der Waals surface area contributed by atoms with Gasteiger partial charge in [-0.3, -0.25) is 0 Å². The lowest BCUT2D eigenvalue weighted by atomic mass is 10.0. The van der Waals surface area contributed by atoms with Crippen molar-refractivity contribution in [1.29, 1.82) is 0 Å². The first-order valence-corrected chi connectivity index (χ1v) is 4.19. The van der Waals surface area contributed by atoms with Gasteiger partial charge >= 0.3 is 0 Å². The third-order valence-electron chi connectivity index (χ3n) is 2.38. The highest BCUT2D eigenvalue weighted by atomic mass is 16.5. The van der Waals surface area contributed by atoms with Crippen molar-refractivity contribution in [3.63, 3.8) is 0 Å². The molecule has 60 valence electrons. The largest absolute Gasteiger partial charge is 0.634 e. The Bertz CT molecular complexity index is 99.4. The predicted octanol–water partition coefficient (Wildman–Crippen LogP) is 0.435. The van der Waals surface area contributed by atoms with Crippen LogP contribution in [0.4, 0.5) is 0 Å². The van der Waals surface area contributed by atoms with Gasteiger partial charge in [0, 0.05) is 0 Å². The monoisotopic (exact) mass is 143 g/mol. The van der Waals surface area contributed by atoms with Crippen LogP contribution in [-0.4, -0.2) is 13.6 Å². The summed E-state index contributed by atoms with van der Waals surface area (Å²) in [5.41, 5.74) is 0. The van der Waals surface area contributed by atoms with E-state index in [4.69, 9.17) is 0 Å². The Morgan fingerprint density at radius 2 is 2.20 bits per heavy atom. The first kappa shape index (κ1) is 8.02. The number of quaternary nitrogens is 1. The normalized spacial score (nSPS) is 24.3. The SMILES string of the molecule is CC(CC[NH+](C)[O-])C1CC1. The smallest absolute Gasteiger partial charge is 0.0768 e. The fraction of sp³-hybridized carbons (Fsp3) is 1.00. The second-order valence-electron chi connectivity index (χ2n) is 3.56. The van der Waals surface area contributed by atoms with Gasteiger partial charge in [-0.15, -0.1) is 0 Å². The molecule has 0 bridgehead atoms. The molecule has 0 spiro atoms. The van der Waals surface area contributed by atoms with Gasteiger partial charge in [0.25, 0.3) is 0 Å². The molecule has 0 aromatic carbocycles. The Morgan fingerprint density at radius 3 is 2.60 bits per heavy atom. The van der Waals surface area contributed by atoms with Gasteiger partial charge in [-0.1, -0.05) is 6.92 Å². The fourth-order valence-corrected chi connectivity index (χ4v) is 1.33. The van der Waals surface area contributed by atoms with Crippen molar-refractivity contribution in [2.24, 2.45) is 11.8 Å². The van der Waals surface area contributed by atoms with Crippen molar-refractivity contribution in [2.45, 2.75) is 26.2 Å². The molecule has 1 saturated carbocycles. The van der Waals surface area contributed by atoms with Crippen LogP contribution in [0.5, 0.6) is 0 Å². The van der Waals surface area contributed by atoms with Gasteiger partial charge in [0.1, 0.15) is 0 Å². The van der Waals surface area contributed by atoms with Crippen molar-refractivity contribution in [2.75, 3.05) is 13.6 Å². The molecular formula is C8H17NO. The van der Waals surface area contributed by atoms with E-state index in [9.17, 15) is 5.21 Å². The van der Waals surface area contributed by atoms with Gasteiger partial charge in [-0.25, -0.2) is 0 Å². The number of rotatable bonds is 4. The van der Waals surface area contributed by atoms with E-state index in [0.717, 1.165) is 24.8 Å². The molecule has 2 unspecified atom stereocenters. The van der Waals surface area contributed by atoms with Crippen LogP contribution in [0, 0.1) is 17.0 Å². The molecule has 0 heterocycles. The second kappa shape index (κ2) is 3.35. The fourth-order valence-electron chi connectivity index (χ4n) is 1.33. The van der Waals surface area contributed by atoms with Gasteiger partial charge in [0.15, 0.2) is 0 Å². The van der Waals surface area contributed by atoms with Crippen molar-refractivity contribution >= 4 is 0 Å². The molecule has 1 fully saturated rings. The molecule has 0 aromatic heterocycles. The highest BCUT2D eigenvalue weighted by Gasteiger charge is 2.27. The van der Waals surface area contributed by atoms with E-state index in [1.165, 1.54) is 12.8 Å². The third-order valence-corrected chi connectivity index (χ3v) is 2.38. The molecule has 0 saturated heterocycles. The highest BCUT2D eigenvalue weighted by molar-refractivity contribution is 4.78. The maximum absolute atomic E-state index is 10.6. The Balaban J connectivity index is 2.00. The average molecular weight is 143 g/mol. The van der Waals surface area contributed by atoms with E-state index in [-0.39, 0.29) is 0 Å². The zero-order valence-corrected chi connectivity index (χ0v) is 6.89. The van der Waals surface area contributed by atoms with E-state index >= 15 is 0 Å². The van der Waals surface area contributed by atoms with Crippen LogP contribution in [0.3, 0.4) is 0 Å². The quantitative estimate of drug-likeness (QED) is 0.568. The lowest BCUT2D eigenvalue weighted by Crippen LogP contribution is -3.03. The van der Waals surface area contributed by atoms with Crippen LogP contribution in [-0.2, 0) is 0 Å². The molecule has 0 aliphatic heterocycles. The maximum Gasteiger partial charge on any atom is 0.0768 e. The van der Waals surface area contributed by atoms with Crippen LogP contribution in [0.15, 0.2) is 0 Å². The topological polar surface area (TPSA) is 27.5 Å². The van der Waals surface area contributed by atoms with E-state index in [1.54, 1.807) is 7.05 Å². The standard InChI is InChI=1S/C8H17NO/c1-7(8-3-4-8)5-6-9(2)10/h7-9H,3-6H2,1-2H3. The summed E-state index contributed by atoms with van der Waals surface area (Å²) < 4.78 is 0. The minimum Gasteiger partial charge on any atom is -0.634 e. The molecule has 0 radical (unpaired) electrons. The lowest BCUT2D eigenvalue weighted by molar-refractivity contribution is -0.826. The molecule has 1 rings (SSSR count). The summed E-state index contributed by atoms with van der Waals surface area (Å²) in [5, 5.41) is 10.9. The van der Waals surface area contributed by atoms with Gasteiger partial charge in [0.05, 0.1) is 13.6 Å². The van der Waals surface area contributed by atoms with Gasteiger partial charge in [0.2, 0.25) is 0 Å². The first-order chi connectivity index (χ1) is 4.70. The molecule has 1 aliphatic rings. The molecular weight excluding hydrogens is 126 g/mol. The maximum atomic E-state index is 10.6. The van der Waals surface area contributed by atoms with Gasteiger partial charge in [-0.2, -0.15) is 0 Å². The number of hydrogen-bond donors (Lipinski definition) is 1. The van der Waals surface area contributed by atoms with Crippen LogP contribution in [0.1, 0.15) is 26.2 Å². The van der Waals surface area contributed by atoms with Gasteiger partial charge < -0.3 is 10.3 Å². The van der Waals surface area contributed by atoms with Crippen molar-refractivity contribution in [3.8, 4) is 0 Å². The first-order valence-electron chi connectivity index (χ1n) is 4.19. The number of hydrogen-bond acceptors (Lipinski definition) is 1. The molecule has 1 N–H and O–H groups in total. The summed E-state index contributed by atoms with van der Waals surface area (Å²) >= 11 is 0. The summed E-state index contributed by atoms with van der Waals surface area (Å²) in [5.74, 6) is 1.75. The van der Waals surface area contributed by atoms with E-state index in [1.807, 2.05) is 0 Å². The molecule has 2 nitrogen and oxygen atoms in total. The van der Waals surface area contributed by atoms with E-state index < -0.39 is 0 Å². The van der Waals surface area contributed by atoms with Crippen molar-refractivity contribution in [3.05, 3.63) is 5.21 Å². The van der Waals surface area contributed by atoms with Crippen LogP contribution < -0.4 is 5.06 Å². The Morgan fingerprint density at radius 1 is 1.60 bits per heavy atom. The molecule has 0 aromatic rings. The Kier molecular flexibility index (Phi) is 2.69. The summed E-state index contributed by atoms with van der Waals surface area (Å²) in [6, 6.07) is 0. The average Bonchev–Trinajstić information content (AvgIpc) is 2.63. The zero-order chi connectivity index (χ0) is 7.56. The minimum atomic E-state index is 0.340. The number of hydroxylamine groups is 2. The highest BCUT2D eigenvalue weighted by Crippen LogP contribution is 2.37. The summed E-state index contributed by atoms with van der Waals surface area (Å²) in [6.45, 7) is 3.05. The van der Waals surface area contributed by atoms with Crippen molar-refractivity contribution in [1.82, 2.24) is 0 Å². The van der Waals surface area contributed by atoms with Crippen molar-refractivity contribution < 1.29 is 5.06 Å². The van der Waals surface area contributed by atoms with E-state index in [0.29, 0.717) is 5.06 Å². The summed E-state index contributed by atoms with van der Waals surface area (Å²) in [4.78, 5) is 0. The van der Waals surface area contributed by atoms with Crippen LogP contribution in [0.25, 0.3) is 0 Å². The molecule has 1 aliphatic carbocycles. The van der Waals surface area contributed by atoms with Crippen LogP contribution in [0.2, 0.25) is 0 Å². The second-order valence-corrected chi connectivity index (χ2v) is 3.56. The Labute approximate surface area is 62.8 Å². The summed E-state index contributed by atoms with van der Waals surface area (Å²) in [6.07, 6.45) is 3.91. The predicted molar refractivity (Wildman–Crippen MR) is 41.6 cm³/mol. The minimum absolute atomic E-state index is 0.340. The molecule has 10 heavy (non-hydrogen) atoms. The summed E-state index contributed by atoms with van der Waals surface area (Å²) in [7, 11) is 1.68.